The highest BCUT2D eigenvalue weighted by Crippen LogP contribution is 2.24. The Labute approximate surface area is 188 Å². The number of piperazine rings is 1. The largest absolute Gasteiger partial charge is 0.351 e. The Kier molecular flexibility index (Phi) is 7.27. The van der Waals surface area contributed by atoms with E-state index in [0.717, 1.165) is 18.1 Å². The number of halogens is 1. The van der Waals surface area contributed by atoms with Crippen molar-refractivity contribution >= 4 is 41.2 Å². The van der Waals surface area contributed by atoms with Crippen molar-refractivity contribution in [3.63, 3.8) is 0 Å². The van der Waals surface area contributed by atoms with Crippen LogP contribution in [0.3, 0.4) is 0 Å². The first-order valence-electron chi connectivity index (χ1n) is 10.1. The molecule has 1 aromatic heterocycles. The van der Waals surface area contributed by atoms with E-state index >= 15 is 0 Å². The number of nitrogens with one attached hydrogen (secondary N) is 1. The van der Waals surface area contributed by atoms with Gasteiger partial charge in [0.2, 0.25) is 5.96 Å². The zero-order valence-corrected chi connectivity index (χ0v) is 18.5. The lowest BCUT2D eigenvalue weighted by Crippen LogP contribution is -2.59. The van der Waals surface area contributed by atoms with Crippen LogP contribution >= 0.6 is 11.6 Å². The van der Waals surface area contributed by atoms with Crippen LogP contribution in [0.2, 0.25) is 5.02 Å². The van der Waals surface area contributed by atoms with Crippen molar-refractivity contribution in [1.82, 2.24) is 20.2 Å². The minimum absolute atomic E-state index is 0.119. The summed E-state index contributed by atoms with van der Waals surface area (Å²) in [6.45, 7) is 14.1. The predicted octanol–water partition coefficient (Wildman–Crippen LogP) is 4.32. The third kappa shape index (κ3) is 5.22. The van der Waals surface area contributed by atoms with Gasteiger partial charge in [0.1, 0.15) is 5.82 Å². The van der Waals surface area contributed by atoms with Crippen LogP contribution in [0.5, 0.6) is 0 Å². The highest BCUT2D eigenvalue weighted by Gasteiger charge is 2.32. The molecule has 2 aromatic rings. The van der Waals surface area contributed by atoms with E-state index in [2.05, 4.69) is 52.1 Å². The van der Waals surface area contributed by atoms with Crippen molar-refractivity contribution < 1.29 is 0 Å². The molecular formula is C23H26ClN7. The van der Waals surface area contributed by atoms with Gasteiger partial charge in [-0.15, -0.1) is 0 Å². The molecule has 1 atom stereocenters. The maximum atomic E-state index is 9.32. The van der Waals surface area contributed by atoms with E-state index < -0.39 is 0 Å². The Bertz CT molecular complexity index is 1010. The van der Waals surface area contributed by atoms with Gasteiger partial charge in [-0.05, 0) is 42.3 Å². The molecule has 8 heteroatoms. The highest BCUT2D eigenvalue weighted by atomic mass is 35.5. The number of hydrogen-bond acceptors (Lipinski definition) is 5. The molecule has 1 aromatic carbocycles. The van der Waals surface area contributed by atoms with Crippen LogP contribution in [0.15, 0.2) is 48.6 Å². The van der Waals surface area contributed by atoms with Gasteiger partial charge in [-0.25, -0.2) is 9.98 Å². The van der Waals surface area contributed by atoms with E-state index in [-0.39, 0.29) is 6.04 Å². The molecular weight excluding hydrogens is 410 g/mol. The molecule has 1 aliphatic heterocycles. The topological polar surface area (TPSA) is 80.4 Å². The first-order chi connectivity index (χ1) is 15.0. The van der Waals surface area contributed by atoms with Crippen LogP contribution in [0.25, 0.3) is 12.2 Å². The fraction of sp³-hybridized carbons (Fsp3) is 0.304. The number of hydrogen-bond donors (Lipinski definition) is 1. The third-order valence-electron chi connectivity index (χ3n) is 5.22. The number of aromatic nitrogens is 2. The van der Waals surface area contributed by atoms with Crippen LogP contribution in [0, 0.1) is 17.4 Å². The van der Waals surface area contributed by atoms with Gasteiger partial charge >= 0.3 is 0 Å². The van der Waals surface area contributed by atoms with Gasteiger partial charge < -0.3 is 9.80 Å². The number of aliphatic imine (C=N–C) groups is 1. The molecule has 7 nitrogen and oxygen atoms in total. The van der Waals surface area contributed by atoms with E-state index in [1.165, 1.54) is 0 Å². The fourth-order valence-electron chi connectivity index (χ4n) is 3.57. The average Bonchev–Trinajstić information content (AvgIpc) is 2.79. The number of nitriles is 1. The zero-order chi connectivity index (χ0) is 22.4. The molecule has 1 unspecified atom stereocenters. The highest BCUT2D eigenvalue weighted by molar-refractivity contribution is 6.30. The Morgan fingerprint density at radius 3 is 2.58 bits per heavy atom. The molecule has 0 amide bonds. The quantitative estimate of drug-likeness (QED) is 0.326. The second kappa shape index (κ2) is 10.1. The van der Waals surface area contributed by atoms with Gasteiger partial charge in [0, 0.05) is 24.7 Å². The fourth-order valence-corrected chi connectivity index (χ4v) is 3.69. The first kappa shape index (κ1) is 22.3. The van der Waals surface area contributed by atoms with Gasteiger partial charge in [-0.2, -0.15) is 5.26 Å². The summed E-state index contributed by atoms with van der Waals surface area (Å²) in [6.07, 6.45) is 7.16. The molecule has 0 saturated carbocycles. The van der Waals surface area contributed by atoms with E-state index in [9.17, 15) is 5.26 Å². The maximum Gasteiger partial charge on any atom is 0.212 e. The maximum absolute atomic E-state index is 9.32. The zero-order valence-electron chi connectivity index (χ0n) is 17.8. The second-order valence-electron chi connectivity index (χ2n) is 7.51. The summed E-state index contributed by atoms with van der Waals surface area (Å²) in [5.74, 6) is 1.65. The Morgan fingerprint density at radius 2 is 1.97 bits per heavy atom. The summed E-state index contributed by atoms with van der Waals surface area (Å²) in [7, 11) is 0. The number of rotatable bonds is 5. The van der Waals surface area contributed by atoms with E-state index in [1.54, 1.807) is 30.5 Å². The SMILES string of the molecule is C=Cc1ncc(N2CCN(C(=Nc3ccc(Cl)cc3)NC#N)C(C(C)C)C2)nc1C=C. The summed E-state index contributed by atoms with van der Waals surface area (Å²) in [5, 5.41) is 12.7. The van der Waals surface area contributed by atoms with Crippen molar-refractivity contribution in [2.45, 2.75) is 19.9 Å². The first-order valence-corrected chi connectivity index (χ1v) is 10.5. The molecule has 31 heavy (non-hydrogen) atoms. The number of nitrogens with zero attached hydrogens (tertiary/aromatic N) is 6. The lowest BCUT2D eigenvalue weighted by Gasteiger charge is -2.44. The molecule has 0 bridgehead atoms. The molecule has 1 fully saturated rings. The smallest absolute Gasteiger partial charge is 0.212 e. The van der Waals surface area contributed by atoms with Crippen molar-refractivity contribution in [1.29, 1.82) is 5.26 Å². The van der Waals surface area contributed by atoms with Crippen LogP contribution in [0.4, 0.5) is 11.5 Å². The molecule has 3 rings (SSSR count). The van der Waals surface area contributed by atoms with Gasteiger partial charge in [0.05, 0.1) is 29.3 Å². The van der Waals surface area contributed by atoms with Gasteiger partial charge in [-0.1, -0.05) is 38.6 Å². The normalized spacial score (nSPS) is 16.7. The Morgan fingerprint density at radius 1 is 1.26 bits per heavy atom. The predicted molar refractivity (Wildman–Crippen MR) is 127 cm³/mol. The monoisotopic (exact) mass is 435 g/mol. The van der Waals surface area contributed by atoms with Crippen LogP contribution in [0.1, 0.15) is 25.2 Å². The van der Waals surface area contributed by atoms with E-state index in [0.29, 0.717) is 41.4 Å². The lowest BCUT2D eigenvalue weighted by molar-refractivity contribution is 0.220. The van der Waals surface area contributed by atoms with Crippen LogP contribution < -0.4 is 10.2 Å². The third-order valence-corrected chi connectivity index (χ3v) is 5.47. The molecule has 1 saturated heterocycles. The minimum Gasteiger partial charge on any atom is -0.351 e. The van der Waals surface area contributed by atoms with Crippen molar-refractivity contribution in [2.24, 2.45) is 10.9 Å². The van der Waals surface area contributed by atoms with Gasteiger partial charge in [0.15, 0.2) is 6.19 Å². The number of benzene rings is 1. The second-order valence-corrected chi connectivity index (χ2v) is 7.94. The summed E-state index contributed by atoms with van der Waals surface area (Å²) in [4.78, 5) is 18.2. The summed E-state index contributed by atoms with van der Waals surface area (Å²) < 4.78 is 0. The van der Waals surface area contributed by atoms with Crippen molar-refractivity contribution in [3.05, 3.63) is 60.0 Å². The standard InChI is InChI=1S/C23H26ClN7/c1-5-19-20(6-2)29-22(13-26-19)30-11-12-31(21(14-30)16(3)4)23(27-15-25)28-18-9-7-17(24)8-10-18/h5-10,13,16,21H,1-2,11-12,14H2,3-4H3,(H,27,28). The average molecular weight is 436 g/mol. The number of guanidine groups is 1. The van der Waals surface area contributed by atoms with E-state index in [1.807, 2.05) is 18.3 Å². The molecule has 0 aliphatic carbocycles. The van der Waals surface area contributed by atoms with Gasteiger partial charge in [-0.3, -0.25) is 10.3 Å². The molecule has 160 valence electrons. The van der Waals surface area contributed by atoms with Crippen LogP contribution in [-0.2, 0) is 0 Å². The molecule has 0 radical (unpaired) electrons. The summed E-state index contributed by atoms with van der Waals surface area (Å²) in [5.41, 5.74) is 2.16. The van der Waals surface area contributed by atoms with Crippen molar-refractivity contribution in [3.8, 4) is 6.19 Å². The molecule has 0 spiro atoms. The molecule has 2 heterocycles. The van der Waals surface area contributed by atoms with Crippen molar-refractivity contribution in [2.75, 3.05) is 24.5 Å². The van der Waals surface area contributed by atoms with Gasteiger partial charge in [0.25, 0.3) is 0 Å². The number of anilines is 1. The molecule has 1 aliphatic rings. The Balaban J connectivity index is 1.88. The van der Waals surface area contributed by atoms with E-state index in [4.69, 9.17) is 16.6 Å². The summed E-state index contributed by atoms with van der Waals surface area (Å²) in [6, 6.07) is 7.34. The Hall–Kier alpha value is -3.37. The lowest BCUT2D eigenvalue weighted by atomic mass is 10.00. The molecule has 1 N–H and O–H groups in total. The van der Waals surface area contributed by atoms with Crippen LogP contribution in [-0.4, -0.2) is 46.5 Å². The minimum atomic E-state index is 0.119. The summed E-state index contributed by atoms with van der Waals surface area (Å²) >= 11 is 5.98.